The maximum atomic E-state index is 11.9. The summed E-state index contributed by atoms with van der Waals surface area (Å²) in [5.41, 5.74) is 3.24. The first-order valence-corrected chi connectivity index (χ1v) is 6.73. The topological polar surface area (TPSA) is 66.2 Å². The molecule has 0 amide bonds. The van der Waals surface area contributed by atoms with Crippen LogP contribution in [0.25, 0.3) is 0 Å². The van der Waals surface area contributed by atoms with E-state index in [2.05, 4.69) is 16.4 Å². The molecule has 0 N–H and O–H groups in total. The Morgan fingerprint density at radius 1 is 1.29 bits per heavy atom. The average molecular weight is 289 g/mol. The van der Waals surface area contributed by atoms with Crippen molar-refractivity contribution in [2.24, 2.45) is 0 Å². The molecule has 1 aromatic carbocycles. The molecule has 112 valence electrons. The first kappa shape index (κ1) is 15.2. The molecule has 0 atom stereocenters. The molecule has 1 aromatic heterocycles. The van der Waals surface area contributed by atoms with Gasteiger partial charge in [-0.3, -0.25) is 0 Å². The lowest BCUT2D eigenvalue weighted by molar-refractivity contribution is 0.0380. The Labute approximate surface area is 123 Å². The van der Waals surface area contributed by atoms with E-state index in [1.807, 2.05) is 32.0 Å². The molecule has 1 heterocycles. The Kier molecular flexibility index (Phi) is 5.05. The van der Waals surface area contributed by atoms with Crippen molar-refractivity contribution in [3.8, 4) is 0 Å². The third kappa shape index (κ3) is 3.88. The van der Waals surface area contributed by atoms with Crippen LogP contribution < -0.4 is 0 Å². The molecule has 0 saturated heterocycles. The molecule has 0 aliphatic carbocycles. The Morgan fingerprint density at radius 3 is 2.81 bits per heavy atom. The molecule has 0 bridgehead atoms. The maximum absolute atomic E-state index is 11.9. The summed E-state index contributed by atoms with van der Waals surface area (Å²) < 4.78 is 11.6. The maximum Gasteiger partial charge on any atom is 0.360 e. The molecule has 0 aliphatic rings. The zero-order chi connectivity index (χ0) is 15.2. The quantitative estimate of drug-likeness (QED) is 0.598. The summed E-state index contributed by atoms with van der Waals surface area (Å²) in [4.78, 5) is 11.9. The molecule has 0 aliphatic heterocycles. The molecule has 2 rings (SSSR count). The van der Waals surface area contributed by atoms with Crippen molar-refractivity contribution < 1.29 is 14.3 Å². The molecule has 6 heteroatoms. The summed E-state index contributed by atoms with van der Waals surface area (Å²) in [7, 11) is 1.55. The molecule has 2 aromatic rings. The lowest BCUT2D eigenvalue weighted by Crippen LogP contribution is -2.12. The lowest BCUT2D eigenvalue weighted by atomic mass is 10.1. The standard InChI is InChI=1S/C15H19N3O3/c1-11-5-4-6-13(9-11)10-18-12(2)14(16-17-18)15(19)21-8-7-20-3/h4-6,9H,7-8,10H2,1-3H3. The van der Waals surface area contributed by atoms with E-state index in [4.69, 9.17) is 9.47 Å². The number of esters is 1. The number of carbonyl (C=O) groups is 1. The number of benzene rings is 1. The zero-order valence-corrected chi connectivity index (χ0v) is 12.5. The lowest BCUT2D eigenvalue weighted by Gasteiger charge is -2.05. The highest BCUT2D eigenvalue weighted by Gasteiger charge is 2.17. The Morgan fingerprint density at radius 2 is 2.10 bits per heavy atom. The SMILES string of the molecule is COCCOC(=O)c1nnn(Cc2cccc(C)c2)c1C. The molecule has 0 saturated carbocycles. The van der Waals surface area contributed by atoms with E-state index < -0.39 is 5.97 Å². The van der Waals surface area contributed by atoms with Crippen molar-refractivity contribution in [2.75, 3.05) is 20.3 Å². The molecule has 0 fully saturated rings. The van der Waals surface area contributed by atoms with E-state index in [9.17, 15) is 4.79 Å². The van der Waals surface area contributed by atoms with Crippen molar-refractivity contribution in [1.29, 1.82) is 0 Å². The minimum Gasteiger partial charge on any atom is -0.458 e. The van der Waals surface area contributed by atoms with E-state index >= 15 is 0 Å². The average Bonchev–Trinajstić information content (AvgIpc) is 2.80. The van der Waals surface area contributed by atoms with Crippen LogP contribution in [-0.4, -0.2) is 41.3 Å². The zero-order valence-electron chi connectivity index (χ0n) is 12.5. The van der Waals surface area contributed by atoms with Gasteiger partial charge in [0, 0.05) is 7.11 Å². The normalized spacial score (nSPS) is 10.6. The Hall–Kier alpha value is -2.21. The first-order chi connectivity index (χ1) is 10.1. The van der Waals surface area contributed by atoms with Gasteiger partial charge in [0.15, 0.2) is 5.69 Å². The smallest absolute Gasteiger partial charge is 0.360 e. The number of carbonyl (C=O) groups excluding carboxylic acids is 1. The summed E-state index contributed by atoms with van der Waals surface area (Å²) in [6.07, 6.45) is 0. The summed E-state index contributed by atoms with van der Waals surface area (Å²) in [6.45, 7) is 4.99. The molecule has 6 nitrogen and oxygen atoms in total. The van der Waals surface area contributed by atoms with E-state index in [1.165, 1.54) is 5.56 Å². The number of hydrogen-bond donors (Lipinski definition) is 0. The van der Waals surface area contributed by atoms with E-state index in [0.717, 1.165) is 5.56 Å². The largest absolute Gasteiger partial charge is 0.458 e. The van der Waals surface area contributed by atoms with Gasteiger partial charge in [0.05, 0.1) is 18.8 Å². The fraction of sp³-hybridized carbons (Fsp3) is 0.400. The second-order valence-electron chi connectivity index (χ2n) is 4.80. The number of aryl methyl sites for hydroxylation is 1. The number of ether oxygens (including phenoxy) is 2. The summed E-state index contributed by atoms with van der Waals surface area (Å²) in [5.74, 6) is -0.472. The molecule has 0 unspecified atom stereocenters. The molecule has 0 radical (unpaired) electrons. The Bertz CT molecular complexity index is 622. The minimum absolute atomic E-state index is 0.208. The monoisotopic (exact) mass is 289 g/mol. The molecule has 21 heavy (non-hydrogen) atoms. The number of nitrogens with zero attached hydrogens (tertiary/aromatic N) is 3. The highest BCUT2D eigenvalue weighted by atomic mass is 16.6. The van der Waals surface area contributed by atoms with E-state index in [-0.39, 0.29) is 12.3 Å². The van der Waals surface area contributed by atoms with Crippen LogP contribution in [0.2, 0.25) is 0 Å². The van der Waals surface area contributed by atoms with Gasteiger partial charge in [-0.25, -0.2) is 9.48 Å². The van der Waals surface area contributed by atoms with Crippen molar-refractivity contribution >= 4 is 5.97 Å². The first-order valence-electron chi connectivity index (χ1n) is 6.73. The van der Waals surface area contributed by atoms with Gasteiger partial charge in [0.25, 0.3) is 0 Å². The van der Waals surface area contributed by atoms with E-state index in [1.54, 1.807) is 11.8 Å². The van der Waals surface area contributed by atoms with E-state index in [0.29, 0.717) is 18.8 Å². The molecule has 0 spiro atoms. The van der Waals surface area contributed by atoms with Crippen LogP contribution in [0.5, 0.6) is 0 Å². The van der Waals surface area contributed by atoms with Gasteiger partial charge in [-0.15, -0.1) is 5.10 Å². The summed E-state index contributed by atoms with van der Waals surface area (Å²) >= 11 is 0. The van der Waals surface area contributed by atoms with Crippen LogP contribution in [0.1, 0.15) is 27.3 Å². The summed E-state index contributed by atoms with van der Waals surface area (Å²) in [5, 5.41) is 7.94. The number of methoxy groups -OCH3 is 1. The fourth-order valence-electron chi connectivity index (χ4n) is 1.97. The van der Waals surface area contributed by atoms with Crippen LogP contribution in [-0.2, 0) is 16.0 Å². The van der Waals surface area contributed by atoms with Crippen LogP contribution >= 0.6 is 0 Å². The Balaban J connectivity index is 2.08. The fourth-order valence-corrected chi connectivity index (χ4v) is 1.97. The number of aromatic nitrogens is 3. The van der Waals surface area contributed by atoms with Gasteiger partial charge in [0.1, 0.15) is 6.61 Å². The predicted octanol–water partition coefficient (Wildman–Crippen LogP) is 1.75. The second-order valence-corrected chi connectivity index (χ2v) is 4.80. The predicted molar refractivity (Wildman–Crippen MR) is 77.2 cm³/mol. The van der Waals surface area contributed by atoms with Gasteiger partial charge in [-0.05, 0) is 19.4 Å². The van der Waals surface area contributed by atoms with Crippen molar-refractivity contribution in [3.63, 3.8) is 0 Å². The second kappa shape index (κ2) is 6.99. The highest BCUT2D eigenvalue weighted by Crippen LogP contribution is 2.10. The van der Waals surface area contributed by atoms with Crippen molar-refractivity contribution in [2.45, 2.75) is 20.4 Å². The molecular formula is C15H19N3O3. The van der Waals surface area contributed by atoms with Crippen molar-refractivity contribution in [1.82, 2.24) is 15.0 Å². The van der Waals surface area contributed by atoms with Gasteiger partial charge >= 0.3 is 5.97 Å². The van der Waals surface area contributed by atoms with Crippen molar-refractivity contribution in [3.05, 3.63) is 46.8 Å². The van der Waals surface area contributed by atoms with Crippen LogP contribution in [0.15, 0.2) is 24.3 Å². The van der Waals surface area contributed by atoms with Crippen LogP contribution in [0.4, 0.5) is 0 Å². The minimum atomic E-state index is -0.472. The van der Waals surface area contributed by atoms with Gasteiger partial charge < -0.3 is 9.47 Å². The van der Waals surface area contributed by atoms with Crippen LogP contribution in [0.3, 0.4) is 0 Å². The van der Waals surface area contributed by atoms with Gasteiger partial charge in [-0.1, -0.05) is 35.0 Å². The number of hydrogen-bond acceptors (Lipinski definition) is 5. The number of rotatable bonds is 6. The molecular weight excluding hydrogens is 270 g/mol. The third-order valence-electron chi connectivity index (χ3n) is 3.11. The summed E-state index contributed by atoms with van der Waals surface area (Å²) in [6, 6.07) is 8.13. The van der Waals surface area contributed by atoms with Gasteiger partial charge in [-0.2, -0.15) is 0 Å². The highest BCUT2D eigenvalue weighted by molar-refractivity contribution is 5.88. The van der Waals surface area contributed by atoms with Crippen LogP contribution in [0, 0.1) is 13.8 Å². The van der Waals surface area contributed by atoms with Gasteiger partial charge in [0.2, 0.25) is 0 Å². The third-order valence-corrected chi connectivity index (χ3v) is 3.11.